The minimum atomic E-state index is -3.47. The first-order chi connectivity index (χ1) is 13.3. The smallest absolute Gasteiger partial charge is 0.339 e. The number of hydrogen-bond acceptors (Lipinski definition) is 5. The van der Waals surface area contributed by atoms with Gasteiger partial charge in [-0.15, -0.1) is 0 Å². The second-order valence-electron chi connectivity index (χ2n) is 6.98. The molecule has 6 nitrogen and oxygen atoms in total. The first kappa shape index (κ1) is 20.1. The Morgan fingerprint density at radius 2 is 1.68 bits per heavy atom. The van der Waals surface area contributed by atoms with Crippen LogP contribution in [0.5, 0.6) is 0 Å². The molecular weight excluding hydrogens is 378 g/mol. The molecule has 148 valence electrons. The van der Waals surface area contributed by atoms with Crippen molar-refractivity contribution in [3.8, 4) is 0 Å². The van der Waals surface area contributed by atoms with E-state index >= 15 is 0 Å². The van der Waals surface area contributed by atoms with Crippen molar-refractivity contribution in [2.45, 2.75) is 30.8 Å². The molecule has 7 heteroatoms. The van der Waals surface area contributed by atoms with E-state index in [2.05, 4.69) is 0 Å². The highest BCUT2D eigenvalue weighted by atomic mass is 32.2. The van der Waals surface area contributed by atoms with Crippen LogP contribution >= 0.6 is 0 Å². The Hall–Kier alpha value is -2.67. The minimum Gasteiger partial charge on any atom is -0.444 e. The largest absolute Gasteiger partial charge is 0.444 e. The molecule has 1 fully saturated rings. The number of sulfone groups is 1. The summed E-state index contributed by atoms with van der Waals surface area (Å²) in [5.41, 5.74) is 1.31. The van der Waals surface area contributed by atoms with Crippen LogP contribution < -0.4 is 0 Å². The number of aryl methyl sites for hydroxylation is 1. The number of nitrogens with zero attached hydrogens (tertiary/aromatic N) is 1. The van der Waals surface area contributed by atoms with Crippen LogP contribution in [0.4, 0.5) is 0 Å². The first-order valence-electron chi connectivity index (χ1n) is 9.13. The van der Waals surface area contributed by atoms with E-state index < -0.39 is 21.9 Å². The molecule has 2 aromatic carbocycles. The van der Waals surface area contributed by atoms with E-state index in [9.17, 15) is 18.0 Å². The van der Waals surface area contributed by atoms with Gasteiger partial charge in [0, 0.05) is 24.9 Å². The summed E-state index contributed by atoms with van der Waals surface area (Å²) in [5, 5.41) is 0. The number of esters is 1. The quantitative estimate of drug-likeness (QED) is 0.720. The number of hydrogen-bond donors (Lipinski definition) is 0. The third-order valence-corrected chi connectivity index (χ3v) is 5.94. The molecule has 1 heterocycles. The van der Waals surface area contributed by atoms with Crippen LogP contribution in [0, 0.1) is 6.92 Å². The summed E-state index contributed by atoms with van der Waals surface area (Å²) in [4.78, 5) is 27.6. The van der Waals surface area contributed by atoms with Gasteiger partial charge in [0.2, 0.25) is 6.10 Å². The van der Waals surface area contributed by atoms with Crippen molar-refractivity contribution in [3.63, 3.8) is 0 Å². The predicted molar refractivity (Wildman–Crippen MR) is 105 cm³/mol. The van der Waals surface area contributed by atoms with E-state index in [4.69, 9.17) is 4.74 Å². The van der Waals surface area contributed by atoms with E-state index in [0.717, 1.165) is 19.1 Å². The van der Waals surface area contributed by atoms with E-state index in [-0.39, 0.29) is 16.4 Å². The number of carbonyl (C=O) groups excluding carboxylic acids is 2. The summed E-state index contributed by atoms with van der Waals surface area (Å²) in [7, 11) is -3.47. The van der Waals surface area contributed by atoms with E-state index in [1.165, 1.54) is 12.1 Å². The van der Waals surface area contributed by atoms with Crippen LogP contribution in [0.25, 0.3) is 0 Å². The average molecular weight is 401 g/mol. The number of carbonyl (C=O) groups is 2. The SMILES string of the molecule is Cc1ccc(S(C)(=O)=O)cc1C(=O)O[C@@H](C(=O)N1CCCC1)c1ccccc1. The summed E-state index contributed by atoms with van der Waals surface area (Å²) >= 11 is 0. The molecule has 3 rings (SSSR count). The van der Waals surface area contributed by atoms with Gasteiger partial charge in [0.15, 0.2) is 9.84 Å². The fraction of sp³-hybridized carbons (Fsp3) is 0.333. The Bertz CT molecular complexity index is 979. The zero-order valence-electron chi connectivity index (χ0n) is 15.9. The van der Waals surface area contributed by atoms with Crippen LogP contribution in [0.1, 0.15) is 40.4 Å². The fourth-order valence-electron chi connectivity index (χ4n) is 3.21. The zero-order valence-corrected chi connectivity index (χ0v) is 16.7. The van der Waals surface area contributed by atoms with E-state index in [0.29, 0.717) is 24.2 Å². The Labute approximate surface area is 165 Å². The second kappa shape index (κ2) is 8.14. The number of rotatable bonds is 5. The maximum absolute atomic E-state index is 13.0. The molecule has 0 N–H and O–H groups in total. The summed E-state index contributed by atoms with van der Waals surface area (Å²) in [5.74, 6) is -0.974. The van der Waals surface area contributed by atoms with Crippen molar-refractivity contribution < 1.29 is 22.7 Å². The zero-order chi connectivity index (χ0) is 20.3. The molecule has 0 aliphatic carbocycles. The monoisotopic (exact) mass is 401 g/mol. The third-order valence-electron chi connectivity index (χ3n) is 4.83. The van der Waals surface area contributed by atoms with Crippen LogP contribution in [-0.4, -0.2) is 44.5 Å². The second-order valence-corrected chi connectivity index (χ2v) is 8.99. The highest BCUT2D eigenvalue weighted by Gasteiger charge is 2.31. The Balaban J connectivity index is 1.92. The fourth-order valence-corrected chi connectivity index (χ4v) is 3.86. The molecule has 1 aliphatic rings. The molecule has 0 unspecified atom stereocenters. The lowest BCUT2D eigenvalue weighted by atomic mass is 10.1. The first-order valence-corrected chi connectivity index (χ1v) is 11.0. The van der Waals surface area contributed by atoms with Gasteiger partial charge in [-0.3, -0.25) is 4.79 Å². The summed E-state index contributed by atoms with van der Waals surface area (Å²) in [6.07, 6.45) is 1.87. The maximum atomic E-state index is 13.0. The standard InChI is InChI=1S/C21H23NO5S/c1-15-10-11-17(28(2,25)26)14-18(15)21(24)27-19(16-8-4-3-5-9-16)20(23)22-12-6-7-13-22/h3-5,8-11,14,19H,6-7,12-13H2,1-2H3/t19-/m1/s1. The van der Waals surface area contributed by atoms with Crippen molar-refractivity contribution >= 4 is 21.7 Å². The molecule has 0 radical (unpaired) electrons. The number of likely N-dealkylation sites (tertiary alicyclic amines) is 1. The highest BCUT2D eigenvalue weighted by Crippen LogP contribution is 2.25. The summed E-state index contributed by atoms with van der Waals surface area (Å²) in [6.45, 7) is 2.98. The van der Waals surface area contributed by atoms with Crippen molar-refractivity contribution in [1.29, 1.82) is 0 Å². The normalized spacial score (nSPS) is 15.3. The van der Waals surface area contributed by atoms with Gasteiger partial charge in [-0.1, -0.05) is 36.4 Å². The summed E-state index contributed by atoms with van der Waals surface area (Å²) < 4.78 is 29.3. The molecular formula is C21H23NO5S. The molecule has 0 bridgehead atoms. The van der Waals surface area contributed by atoms with Crippen LogP contribution in [0.2, 0.25) is 0 Å². The Kier molecular flexibility index (Phi) is 5.84. The van der Waals surface area contributed by atoms with E-state index in [1.807, 2.05) is 6.07 Å². The molecule has 28 heavy (non-hydrogen) atoms. The van der Waals surface area contributed by atoms with Gasteiger partial charge in [0.1, 0.15) is 0 Å². The number of benzene rings is 2. The number of ether oxygens (including phenoxy) is 1. The van der Waals surface area contributed by atoms with Gasteiger partial charge in [-0.2, -0.15) is 0 Å². The highest BCUT2D eigenvalue weighted by molar-refractivity contribution is 7.90. The lowest BCUT2D eigenvalue weighted by Crippen LogP contribution is -2.35. The average Bonchev–Trinajstić information content (AvgIpc) is 3.20. The third kappa shape index (κ3) is 4.42. The van der Waals surface area contributed by atoms with Gasteiger partial charge in [-0.05, 0) is 37.5 Å². The van der Waals surface area contributed by atoms with Crippen LogP contribution in [0.15, 0.2) is 53.4 Å². The predicted octanol–water partition coefficient (Wildman–Crippen LogP) is 2.92. The molecule has 0 aromatic heterocycles. The maximum Gasteiger partial charge on any atom is 0.339 e. The van der Waals surface area contributed by atoms with Crippen molar-refractivity contribution in [3.05, 3.63) is 65.2 Å². The van der Waals surface area contributed by atoms with Gasteiger partial charge in [-0.25, -0.2) is 13.2 Å². The Morgan fingerprint density at radius 1 is 1.04 bits per heavy atom. The van der Waals surface area contributed by atoms with Crippen molar-refractivity contribution in [2.75, 3.05) is 19.3 Å². The molecule has 1 aliphatic heterocycles. The van der Waals surface area contributed by atoms with Crippen molar-refractivity contribution in [1.82, 2.24) is 4.90 Å². The molecule has 1 amide bonds. The van der Waals surface area contributed by atoms with Gasteiger partial charge in [0.05, 0.1) is 10.5 Å². The topological polar surface area (TPSA) is 80.7 Å². The minimum absolute atomic E-state index is 0.0344. The Morgan fingerprint density at radius 3 is 2.29 bits per heavy atom. The van der Waals surface area contributed by atoms with Crippen molar-refractivity contribution in [2.24, 2.45) is 0 Å². The summed E-state index contributed by atoms with van der Waals surface area (Å²) in [6, 6.07) is 13.2. The van der Waals surface area contributed by atoms with Gasteiger partial charge in [0.25, 0.3) is 5.91 Å². The lowest BCUT2D eigenvalue weighted by molar-refractivity contribution is -0.140. The molecule has 1 atom stereocenters. The van der Waals surface area contributed by atoms with E-state index in [1.54, 1.807) is 42.2 Å². The molecule has 2 aromatic rings. The molecule has 1 saturated heterocycles. The van der Waals surface area contributed by atoms with Crippen LogP contribution in [0.3, 0.4) is 0 Å². The molecule has 0 spiro atoms. The van der Waals surface area contributed by atoms with Crippen LogP contribution in [-0.2, 0) is 19.4 Å². The van der Waals surface area contributed by atoms with Gasteiger partial charge < -0.3 is 9.64 Å². The van der Waals surface area contributed by atoms with Gasteiger partial charge >= 0.3 is 5.97 Å². The lowest BCUT2D eigenvalue weighted by Gasteiger charge is -2.24. The molecule has 0 saturated carbocycles. The number of amides is 1.